The number of rotatable bonds is 4. The Balaban J connectivity index is 1.44. The van der Waals surface area contributed by atoms with Gasteiger partial charge >= 0.3 is 6.18 Å². The Morgan fingerprint density at radius 3 is 2.62 bits per heavy atom. The first-order valence-electron chi connectivity index (χ1n) is 10.8. The van der Waals surface area contributed by atoms with Crippen LogP contribution in [-0.2, 0) is 6.42 Å². The number of aromatic nitrogens is 1. The number of alkyl halides is 3. The van der Waals surface area contributed by atoms with Crippen LogP contribution < -0.4 is 10.1 Å². The zero-order valence-electron chi connectivity index (χ0n) is 18.7. The zero-order chi connectivity index (χ0) is 24.5. The van der Waals surface area contributed by atoms with Gasteiger partial charge in [-0.2, -0.15) is 13.2 Å². The minimum absolute atomic E-state index is 0.00568. The molecule has 2 aromatic rings. The minimum Gasteiger partial charge on any atom is -0.485 e. The van der Waals surface area contributed by atoms with E-state index in [1.54, 1.807) is 19.2 Å². The van der Waals surface area contributed by atoms with Crippen LogP contribution in [0.3, 0.4) is 0 Å². The lowest BCUT2D eigenvalue weighted by Crippen LogP contribution is -2.48. The van der Waals surface area contributed by atoms with Gasteiger partial charge in [-0.05, 0) is 25.1 Å². The number of likely N-dealkylation sites (tertiary alicyclic amines) is 1. The van der Waals surface area contributed by atoms with Crippen LogP contribution in [0.2, 0.25) is 0 Å². The largest absolute Gasteiger partial charge is 0.485 e. The average molecular weight is 476 g/mol. The number of fused-ring (bicyclic) bond motifs is 1. The molecule has 0 unspecified atom stereocenters. The van der Waals surface area contributed by atoms with Crippen molar-refractivity contribution in [3.8, 4) is 17.0 Å². The molecule has 1 aromatic heterocycles. The molecule has 1 fully saturated rings. The molecule has 180 valence electrons. The second kappa shape index (κ2) is 9.08. The lowest BCUT2D eigenvalue weighted by molar-refractivity contribution is -0.0962. The van der Waals surface area contributed by atoms with Gasteiger partial charge < -0.3 is 15.0 Å². The summed E-state index contributed by atoms with van der Waals surface area (Å²) in [6, 6.07) is 6.24. The predicted molar refractivity (Wildman–Crippen MR) is 119 cm³/mol. The number of ether oxygens (including phenoxy) is 1. The fourth-order valence-electron chi connectivity index (χ4n) is 4.31. The van der Waals surface area contributed by atoms with E-state index in [2.05, 4.69) is 15.3 Å². The van der Waals surface area contributed by atoms with E-state index in [0.29, 0.717) is 61.5 Å². The van der Waals surface area contributed by atoms with Crippen molar-refractivity contribution in [1.82, 2.24) is 15.2 Å². The number of carbonyl (C=O) groups is 1. The molecule has 1 saturated heterocycles. The molecule has 1 spiro atoms. The van der Waals surface area contributed by atoms with Crippen LogP contribution in [0.25, 0.3) is 11.3 Å². The normalized spacial score (nSPS) is 18.0. The highest BCUT2D eigenvalue weighted by molar-refractivity contribution is 5.80. The van der Waals surface area contributed by atoms with Gasteiger partial charge in [-0.25, -0.2) is 9.38 Å². The van der Waals surface area contributed by atoms with Gasteiger partial charge in [0.15, 0.2) is 6.29 Å². The SMILES string of the molecule is CN/C(=C\N=C(C)N1CCC2(CC1)Cc1cc(-c3ccc(C=O)c(F)c3)ncc1O2)C(F)(F)F. The maximum atomic E-state index is 14.0. The first-order chi connectivity index (χ1) is 16.1. The minimum atomic E-state index is -4.48. The van der Waals surface area contributed by atoms with E-state index < -0.39 is 23.3 Å². The maximum absolute atomic E-state index is 14.0. The number of aldehydes is 1. The van der Waals surface area contributed by atoms with E-state index in [1.165, 1.54) is 19.2 Å². The number of hydrogen-bond donors (Lipinski definition) is 1. The number of hydrogen-bond acceptors (Lipinski definition) is 5. The van der Waals surface area contributed by atoms with Gasteiger partial charge in [-0.1, -0.05) is 6.07 Å². The molecule has 3 heterocycles. The van der Waals surface area contributed by atoms with Crippen LogP contribution in [0.15, 0.2) is 47.4 Å². The number of benzene rings is 1. The third-order valence-corrected chi connectivity index (χ3v) is 6.30. The average Bonchev–Trinajstić information content (AvgIpc) is 3.15. The fraction of sp³-hybridized carbons (Fsp3) is 0.375. The van der Waals surface area contributed by atoms with Crippen molar-refractivity contribution in [2.24, 2.45) is 4.99 Å². The quantitative estimate of drug-likeness (QED) is 0.304. The van der Waals surface area contributed by atoms with Crippen molar-refractivity contribution >= 4 is 12.1 Å². The van der Waals surface area contributed by atoms with Gasteiger partial charge in [0.2, 0.25) is 0 Å². The summed E-state index contributed by atoms with van der Waals surface area (Å²) in [6.07, 6.45) is 0.434. The third kappa shape index (κ3) is 4.76. The van der Waals surface area contributed by atoms with Gasteiger partial charge in [-0.3, -0.25) is 9.78 Å². The Morgan fingerprint density at radius 1 is 1.26 bits per heavy atom. The first-order valence-corrected chi connectivity index (χ1v) is 10.8. The molecule has 0 radical (unpaired) electrons. The van der Waals surface area contributed by atoms with Crippen LogP contribution in [0, 0.1) is 5.82 Å². The third-order valence-electron chi connectivity index (χ3n) is 6.30. The molecular weight excluding hydrogens is 452 g/mol. The smallest absolute Gasteiger partial charge is 0.432 e. The topological polar surface area (TPSA) is 66.8 Å². The number of nitrogens with one attached hydrogen (secondary N) is 1. The van der Waals surface area contributed by atoms with Gasteiger partial charge in [0.05, 0.1) is 23.7 Å². The molecule has 34 heavy (non-hydrogen) atoms. The molecule has 2 aliphatic heterocycles. The molecular formula is C24H24F4N4O2. The molecule has 0 atom stereocenters. The summed E-state index contributed by atoms with van der Waals surface area (Å²) in [7, 11) is 1.21. The Kier molecular flexibility index (Phi) is 6.33. The summed E-state index contributed by atoms with van der Waals surface area (Å²) in [4.78, 5) is 21.2. The molecule has 0 bridgehead atoms. The van der Waals surface area contributed by atoms with Crippen molar-refractivity contribution < 1.29 is 27.1 Å². The molecule has 0 aliphatic carbocycles. The number of halogens is 4. The Labute approximate surface area is 194 Å². The number of nitrogens with zero attached hydrogens (tertiary/aromatic N) is 3. The molecule has 1 N–H and O–H groups in total. The summed E-state index contributed by atoms with van der Waals surface area (Å²) >= 11 is 0. The van der Waals surface area contributed by atoms with Crippen LogP contribution in [-0.4, -0.2) is 53.9 Å². The molecule has 2 aliphatic rings. The van der Waals surface area contributed by atoms with Gasteiger partial charge in [-0.15, -0.1) is 0 Å². The standard InChI is InChI=1S/C24H24F4N4O2/c1-15(30-13-22(29-2)24(26,27)28)32-7-5-23(6-8-32)11-18-10-20(31-12-21(18)34-23)16-3-4-17(14-33)19(25)9-16/h3-4,9-10,12-14,29H,5-8,11H2,1-2H3/b22-13-,30-15?. The van der Waals surface area contributed by atoms with Crippen molar-refractivity contribution in [2.75, 3.05) is 20.1 Å². The van der Waals surface area contributed by atoms with E-state index in [-0.39, 0.29) is 5.56 Å². The number of pyridine rings is 1. The number of carbonyl (C=O) groups excluding carboxylic acids is 1. The van der Waals surface area contributed by atoms with E-state index in [9.17, 15) is 22.4 Å². The number of amidine groups is 1. The molecule has 0 saturated carbocycles. The predicted octanol–water partition coefficient (Wildman–Crippen LogP) is 4.51. The van der Waals surface area contributed by atoms with E-state index in [1.807, 2.05) is 11.0 Å². The lowest BCUT2D eigenvalue weighted by atomic mass is 9.87. The Hall–Kier alpha value is -3.43. The van der Waals surface area contributed by atoms with Crippen LogP contribution in [0.4, 0.5) is 17.6 Å². The summed E-state index contributed by atoms with van der Waals surface area (Å²) in [5, 5.41) is 2.12. The highest BCUT2D eigenvalue weighted by Crippen LogP contribution is 2.42. The second-order valence-corrected chi connectivity index (χ2v) is 8.45. The number of piperidine rings is 1. The maximum Gasteiger partial charge on any atom is 0.432 e. The second-order valence-electron chi connectivity index (χ2n) is 8.45. The van der Waals surface area contributed by atoms with Crippen molar-refractivity contribution in [3.63, 3.8) is 0 Å². The van der Waals surface area contributed by atoms with Gasteiger partial charge in [0, 0.05) is 50.5 Å². The van der Waals surface area contributed by atoms with E-state index in [4.69, 9.17) is 4.74 Å². The zero-order valence-corrected chi connectivity index (χ0v) is 18.7. The summed E-state index contributed by atoms with van der Waals surface area (Å²) in [5.74, 6) is 0.588. The molecule has 6 nitrogen and oxygen atoms in total. The number of aliphatic imine (C=N–C) groups is 1. The van der Waals surface area contributed by atoms with Crippen molar-refractivity contribution in [3.05, 3.63) is 59.3 Å². The van der Waals surface area contributed by atoms with Crippen LogP contribution >= 0.6 is 0 Å². The fourth-order valence-corrected chi connectivity index (χ4v) is 4.31. The Bertz CT molecular complexity index is 1150. The van der Waals surface area contributed by atoms with Crippen molar-refractivity contribution in [1.29, 1.82) is 0 Å². The van der Waals surface area contributed by atoms with Crippen LogP contribution in [0.5, 0.6) is 5.75 Å². The van der Waals surface area contributed by atoms with Crippen molar-refractivity contribution in [2.45, 2.75) is 38.0 Å². The van der Waals surface area contributed by atoms with Gasteiger partial charge in [0.1, 0.15) is 28.7 Å². The lowest BCUT2D eigenvalue weighted by Gasteiger charge is -2.39. The first kappa shape index (κ1) is 23.7. The van der Waals surface area contributed by atoms with Crippen LogP contribution in [0.1, 0.15) is 35.7 Å². The summed E-state index contributed by atoms with van der Waals surface area (Å²) in [5.41, 5.74) is 0.807. The Morgan fingerprint density at radius 2 is 2.00 bits per heavy atom. The monoisotopic (exact) mass is 476 g/mol. The molecule has 10 heteroatoms. The molecule has 4 rings (SSSR count). The highest BCUT2D eigenvalue weighted by Gasteiger charge is 2.42. The van der Waals surface area contributed by atoms with Gasteiger partial charge in [0.25, 0.3) is 0 Å². The highest BCUT2D eigenvalue weighted by atomic mass is 19.4. The molecule has 0 amide bonds. The summed E-state index contributed by atoms with van der Waals surface area (Å²) in [6.45, 7) is 2.88. The number of allylic oxidation sites excluding steroid dienone is 1. The van der Waals surface area contributed by atoms with E-state index >= 15 is 0 Å². The summed E-state index contributed by atoms with van der Waals surface area (Å²) < 4.78 is 58.9. The molecule has 1 aromatic carbocycles. The van der Waals surface area contributed by atoms with E-state index in [0.717, 1.165) is 11.8 Å².